The van der Waals surface area contributed by atoms with Crippen LogP contribution in [-0.2, 0) is 6.54 Å². The van der Waals surface area contributed by atoms with Crippen LogP contribution in [-0.4, -0.2) is 17.6 Å². The molecule has 17 heavy (non-hydrogen) atoms. The lowest BCUT2D eigenvalue weighted by molar-refractivity contribution is 0.272. The zero-order chi connectivity index (χ0) is 11.7. The number of nitrogens with zero attached hydrogens (tertiary/aromatic N) is 1. The minimum absolute atomic E-state index is 0.159. The molecule has 0 radical (unpaired) electrons. The predicted molar refractivity (Wildman–Crippen MR) is 62.3 cm³/mol. The highest BCUT2D eigenvalue weighted by Gasteiger charge is 2.24. The van der Waals surface area contributed by atoms with Crippen LogP contribution in [0.3, 0.4) is 0 Å². The van der Waals surface area contributed by atoms with E-state index in [1.165, 1.54) is 25.7 Å². The largest absolute Gasteiger partial charge is 0.475 e. The molecule has 0 aliphatic heterocycles. The second-order valence-electron chi connectivity index (χ2n) is 5.00. The van der Waals surface area contributed by atoms with Gasteiger partial charge in [0, 0.05) is 24.3 Å². The average molecular weight is 236 g/mol. The fourth-order valence-electron chi connectivity index (χ4n) is 1.72. The maximum atomic E-state index is 14.0. The van der Waals surface area contributed by atoms with Crippen molar-refractivity contribution in [3.8, 4) is 5.88 Å². The predicted octanol–water partition coefficient (Wildman–Crippen LogP) is 2.26. The van der Waals surface area contributed by atoms with E-state index in [9.17, 15) is 4.39 Å². The first-order chi connectivity index (χ1) is 8.33. The van der Waals surface area contributed by atoms with Crippen LogP contribution in [0.4, 0.5) is 4.39 Å². The van der Waals surface area contributed by atoms with Crippen LogP contribution in [0.1, 0.15) is 31.2 Å². The molecule has 1 aromatic heterocycles. The van der Waals surface area contributed by atoms with E-state index in [0.717, 1.165) is 0 Å². The minimum atomic E-state index is -0.304. The molecular weight excluding hydrogens is 219 g/mol. The average Bonchev–Trinajstić information content (AvgIpc) is 3.20. The lowest BCUT2D eigenvalue weighted by Crippen LogP contribution is -2.17. The fraction of sp³-hybridized carbons (Fsp3) is 0.615. The molecular formula is C13H17FN2O. The van der Waals surface area contributed by atoms with Gasteiger partial charge in [-0.1, -0.05) is 0 Å². The summed E-state index contributed by atoms with van der Waals surface area (Å²) < 4.78 is 19.4. The summed E-state index contributed by atoms with van der Waals surface area (Å²) >= 11 is 0. The van der Waals surface area contributed by atoms with E-state index < -0.39 is 0 Å². The van der Waals surface area contributed by atoms with Gasteiger partial charge in [-0.15, -0.1) is 0 Å². The number of aromatic nitrogens is 1. The van der Waals surface area contributed by atoms with Crippen LogP contribution in [0.25, 0.3) is 0 Å². The molecule has 0 atom stereocenters. The molecule has 1 heterocycles. The van der Waals surface area contributed by atoms with E-state index in [2.05, 4.69) is 10.3 Å². The summed E-state index contributed by atoms with van der Waals surface area (Å²) in [5.74, 6) is 0.470. The van der Waals surface area contributed by atoms with Crippen molar-refractivity contribution >= 4 is 0 Å². The molecule has 0 amide bonds. The van der Waals surface area contributed by atoms with Gasteiger partial charge < -0.3 is 10.1 Å². The highest BCUT2D eigenvalue weighted by atomic mass is 19.1. The van der Waals surface area contributed by atoms with Gasteiger partial charge in [0.15, 0.2) is 5.82 Å². The second-order valence-corrected chi connectivity index (χ2v) is 5.00. The summed E-state index contributed by atoms with van der Waals surface area (Å²) in [5.41, 5.74) is 0.651. The molecule has 0 unspecified atom stereocenters. The Morgan fingerprint density at radius 1 is 1.35 bits per heavy atom. The van der Waals surface area contributed by atoms with Crippen molar-refractivity contribution in [3.05, 3.63) is 23.6 Å². The van der Waals surface area contributed by atoms with Gasteiger partial charge in [-0.05, 0) is 37.7 Å². The summed E-state index contributed by atoms with van der Waals surface area (Å²) in [6.45, 7) is 1.17. The Labute approximate surface area is 100 Å². The number of hydrogen-bond acceptors (Lipinski definition) is 3. The standard InChI is InChI=1S/C13H17FN2O/c14-12-10(7-16-11-3-4-11)5-6-15-13(12)17-8-9-1-2-9/h5-6,9,11,16H,1-4,7-8H2. The Morgan fingerprint density at radius 3 is 2.88 bits per heavy atom. The van der Waals surface area contributed by atoms with Gasteiger partial charge in [0.2, 0.25) is 0 Å². The summed E-state index contributed by atoms with van der Waals surface area (Å²) in [6.07, 6.45) is 6.43. The van der Waals surface area contributed by atoms with Gasteiger partial charge in [0.1, 0.15) is 0 Å². The number of rotatable bonds is 6. The molecule has 3 rings (SSSR count). The van der Waals surface area contributed by atoms with Gasteiger partial charge in [-0.25, -0.2) is 9.37 Å². The highest BCUT2D eigenvalue weighted by Crippen LogP contribution is 2.30. The summed E-state index contributed by atoms with van der Waals surface area (Å²) in [6, 6.07) is 2.30. The topological polar surface area (TPSA) is 34.2 Å². The van der Waals surface area contributed by atoms with E-state index in [1.54, 1.807) is 12.3 Å². The summed E-state index contributed by atoms with van der Waals surface area (Å²) in [5, 5.41) is 3.29. The molecule has 0 spiro atoms. The van der Waals surface area contributed by atoms with Crippen LogP contribution in [0.2, 0.25) is 0 Å². The maximum absolute atomic E-state index is 14.0. The van der Waals surface area contributed by atoms with Crippen LogP contribution < -0.4 is 10.1 Å². The third-order valence-corrected chi connectivity index (χ3v) is 3.25. The Balaban J connectivity index is 1.62. The van der Waals surface area contributed by atoms with Gasteiger partial charge in [0.05, 0.1) is 6.61 Å². The molecule has 2 aliphatic rings. The molecule has 92 valence electrons. The quantitative estimate of drug-likeness (QED) is 0.822. The second kappa shape index (κ2) is 4.61. The normalized spacial score (nSPS) is 19.4. The molecule has 1 aromatic rings. The van der Waals surface area contributed by atoms with E-state index in [-0.39, 0.29) is 11.7 Å². The first-order valence-electron chi connectivity index (χ1n) is 6.32. The van der Waals surface area contributed by atoms with Crippen molar-refractivity contribution in [2.75, 3.05) is 6.61 Å². The van der Waals surface area contributed by atoms with Crippen LogP contribution in [0.15, 0.2) is 12.3 Å². The van der Waals surface area contributed by atoms with Gasteiger partial charge in [-0.3, -0.25) is 0 Å². The molecule has 0 aromatic carbocycles. The van der Waals surface area contributed by atoms with Crippen LogP contribution >= 0.6 is 0 Å². The minimum Gasteiger partial charge on any atom is -0.475 e. The molecule has 2 aliphatic carbocycles. The van der Waals surface area contributed by atoms with E-state index in [0.29, 0.717) is 30.7 Å². The van der Waals surface area contributed by atoms with Gasteiger partial charge in [-0.2, -0.15) is 0 Å². The van der Waals surface area contributed by atoms with E-state index in [1.807, 2.05) is 0 Å². The van der Waals surface area contributed by atoms with Crippen molar-refractivity contribution in [3.63, 3.8) is 0 Å². The molecule has 0 saturated heterocycles. The SMILES string of the molecule is Fc1c(CNC2CC2)ccnc1OCC1CC1. The molecule has 1 N–H and O–H groups in total. The number of nitrogens with one attached hydrogen (secondary N) is 1. The zero-order valence-corrected chi connectivity index (χ0v) is 9.79. The number of pyridine rings is 1. The van der Waals surface area contributed by atoms with Crippen molar-refractivity contribution in [2.45, 2.75) is 38.3 Å². The van der Waals surface area contributed by atoms with Gasteiger partial charge in [0.25, 0.3) is 5.88 Å². The number of hydrogen-bond donors (Lipinski definition) is 1. The summed E-state index contributed by atoms with van der Waals surface area (Å²) in [4.78, 5) is 3.96. The highest BCUT2D eigenvalue weighted by molar-refractivity contribution is 5.23. The third-order valence-electron chi connectivity index (χ3n) is 3.25. The monoisotopic (exact) mass is 236 g/mol. The zero-order valence-electron chi connectivity index (χ0n) is 9.79. The molecule has 4 heteroatoms. The fourth-order valence-corrected chi connectivity index (χ4v) is 1.72. The van der Waals surface area contributed by atoms with E-state index in [4.69, 9.17) is 4.74 Å². The Bertz CT molecular complexity index is 368. The third kappa shape index (κ3) is 2.94. The lowest BCUT2D eigenvalue weighted by Gasteiger charge is -2.09. The first kappa shape index (κ1) is 11.0. The molecule has 2 saturated carbocycles. The Kier molecular flexibility index (Phi) is 2.97. The Morgan fingerprint density at radius 2 is 2.18 bits per heavy atom. The van der Waals surface area contributed by atoms with Crippen LogP contribution in [0, 0.1) is 11.7 Å². The van der Waals surface area contributed by atoms with Crippen molar-refractivity contribution in [1.29, 1.82) is 0 Å². The maximum Gasteiger partial charge on any atom is 0.250 e. The molecule has 2 fully saturated rings. The Hall–Kier alpha value is -1.16. The first-order valence-corrected chi connectivity index (χ1v) is 6.32. The lowest BCUT2D eigenvalue weighted by atomic mass is 10.2. The van der Waals surface area contributed by atoms with E-state index >= 15 is 0 Å². The smallest absolute Gasteiger partial charge is 0.250 e. The molecule has 3 nitrogen and oxygen atoms in total. The van der Waals surface area contributed by atoms with Crippen molar-refractivity contribution < 1.29 is 9.13 Å². The van der Waals surface area contributed by atoms with Crippen molar-refractivity contribution in [1.82, 2.24) is 10.3 Å². The van der Waals surface area contributed by atoms with Crippen molar-refractivity contribution in [2.24, 2.45) is 5.92 Å². The number of halogens is 1. The van der Waals surface area contributed by atoms with Crippen LogP contribution in [0.5, 0.6) is 5.88 Å². The summed E-state index contributed by atoms with van der Waals surface area (Å²) in [7, 11) is 0. The van der Waals surface area contributed by atoms with Gasteiger partial charge >= 0.3 is 0 Å². The number of ether oxygens (including phenoxy) is 1. The molecule has 0 bridgehead atoms.